The minimum atomic E-state index is -0.0175. The standard InChI is InChI=1S/C11H24N2O/c1-11(2,12)5-4-6-13-9-7-10(8-9)14-3/h9-10,13H,4-8,12H2,1-3H3. The van der Waals surface area contributed by atoms with Gasteiger partial charge in [0.15, 0.2) is 0 Å². The highest BCUT2D eigenvalue weighted by Crippen LogP contribution is 2.22. The van der Waals surface area contributed by atoms with Gasteiger partial charge in [-0.05, 0) is 46.1 Å². The lowest BCUT2D eigenvalue weighted by Gasteiger charge is -2.35. The number of nitrogens with two attached hydrogens (primary N) is 1. The fourth-order valence-corrected chi connectivity index (χ4v) is 1.77. The Morgan fingerprint density at radius 1 is 1.43 bits per heavy atom. The minimum Gasteiger partial charge on any atom is -0.381 e. The molecule has 3 N–H and O–H groups in total. The van der Waals surface area contributed by atoms with Crippen molar-refractivity contribution in [2.45, 2.75) is 57.2 Å². The van der Waals surface area contributed by atoms with E-state index in [-0.39, 0.29) is 5.54 Å². The fraction of sp³-hybridized carbons (Fsp3) is 1.00. The smallest absolute Gasteiger partial charge is 0.0601 e. The molecule has 3 nitrogen and oxygen atoms in total. The van der Waals surface area contributed by atoms with Crippen molar-refractivity contribution in [3.63, 3.8) is 0 Å². The van der Waals surface area contributed by atoms with Crippen molar-refractivity contribution in [3.8, 4) is 0 Å². The van der Waals surface area contributed by atoms with Crippen molar-refractivity contribution in [1.29, 1.82) is 0 Å². The molecular formula is C11H24N2O. The molecule has 1 rings (SSSR count). The first kappa shape index (κ1) is 12.0. The average Bonchev–Trinajstić information content (AvgIpc) is 1.98. The van der Waals surface area contributed by atoms with Crippen LogP contribution in [0.4, 0.5) is 0 Å². The molecule has 0 aliphatic heterocycles. The van der Waals surface area contributed by atoms with Gasteiger partial charge < -0.3 is 15.8 Å². The summed E-state index contributed by atoms with van der Waals surface area (Å²) in [5.74, 6) is 0. The molecule has 14 heavy (non-hydrogen) atoms. The van der Waals surface area contributed by atoms with Gasteiger partial charge in [0.05, 0.1) is 6.10 Å². The van der Waals surface area contributed by atoms with E-state index in [0.717, 1.165) is 19.4 Å². The van der Waals surface area contributed by atoms with Gasteiger partial charge in [-0.25, -0.2) is 0 Å². The first-order valence-corrected chi connectivity index (χ1v) is 5.56. The molecule has 0 aromatic heterocycles. The van der Waals surface area contributed by atoms with Crippen molar-refractivity contribution in [2.24, 2.45) is 5.73 Å². The summed E-state index contributed by atoms with van der Waals surface area (Å²) in [5, 5.41) is 3.52. The summed E-state index contributed by atoms with van der Waals surface area (Å²) in [6.45, 7) is 5.25. The lowest BCUT2D eigenvalue weighted by molar-refractivity contribution is 0.0174. The third-order valence-corrected chi connectivity index (χ3v) is 2.86. The van der Waals surface area contributed by atoms with E-state index in [4.69, 9.17) is 10.5 Å². The molecule has 84 valence electrons. The molecule has 0 amide bonds. The topological polar surface area (TPSA) is 47.3 Å². The van der Waals surface area contributed by atoms with Crippen LogP contribution in [-0.2, 0) is 4.74 Å². The molecule has 0 unspecified atom stereocenters. The third-order valence-electron chi connectivity index (χ3n) is 2.86. The zero-order valence-corrected chi connectivity index (χ0v) is 9.68. The van der Waals surface area contributed by atoms with Crippen LogP contribution in [0.1, 0.15) is 39.5 Å². The fourth-order valence-electron chi connectivity index (χ4n) is 1.77. The van der Waals surface area contributed by atoms with Crippen LogP contribution in [0, 0.1) is 0 Å². The van der Waals surface area contributed by atoms with E-state index < -0.39 is 0 Å². The number of hydrogen-bond donors (Lipinski definition) is 2. The second-order valence-corrected chi connectivity index (χ2v) is 5.07. The Hall–Kier alpha value is -0.120. The van der Waals surface area contributed by atoms with Crippen LogP contribution in [0.2, 0.25) is 0 Å². The molecule has 0 atom stereocenters. The second kappa shape index (κ2) is 5.10. The SMILES string of the molecule is COC1CC(NCCCC(C)(C)N)C1. The van der Waals surface area contributed by atoms with Crippen molar-refractivity contribution in [2.75, 3.05) is 13.7 Å². The Morgan fingerprint density at radius 2 is 2.07 bits per heavy atom. The lowest BCUT2D eigenvalue weighted by atomic mass is 9.89. The molecule has 0 spiro atoms. The van der Waals surface area contributed by atoms with Gasteiger partial charge in [0.2, 0.25) is 0 Å². The highest BCUT2D eigenvalue weighted by Gasteiger charge is 2.28. The van der Waals surface area contributed by atoms with Crippen LogP contribution in [0.5, 0.6) is 0 Å². The lowest BCUT2D eigenvalue weighted by Crippen LogP contribution is -2.45. The molecule has 0 heterocycles. The summed E-state index contributed by atoms with van der Waals surface area (Å²) in [7, 11) is 1.79. The van der Waals surface area contributed by atoms with Crippen LogP contribution in [0.15, 0.2) is 0 Å². The molecule has 1 saturated carbocycles. The predicted octanol–water partition coefficient (Wildman–Crippen LogP) is 1.27. The molecule has 0 aromatic carbocycles. The van der Waals surface area contributed by atoms with E-state index in [1.54, 1.807) is 7.11 Å². The molecular weight excluding hydrogens is 176 g/mol. The van der Waals surface area contributed by atoms with Crippen molar-refractivity contribution in [3.05, 3.63) is 0 Å². The largest absolute Gasteiger partial charge is 0.381 e. The molecule has 0 bridgehead atoms. The maximum atomic E-state index is 5.89. The van der Waals surface area contributed by atoms with E-state index in [1.807, 2.05) is 0 Å². The van der Waals surface area contributed by atoms with Gasteiger partial charge in [-0.2, -0.15) is 0 Å². The zero-order valence-electron chi connectivity index (χ0n) is 9.68. The monoisotopic (exact) mass is 200 g/mol. The van der Waals surface area contributed by atoms with Gasteiger partial charge in [0.25, 0.3) is 0 Å². The van der Waals surface area contributed by atoms with Gasteiger partial charge in [-0.15, -0.1) is 0 Å². The van der Waals surface area contributed by atoms with Gasteiger partial charge >= 0.3 is 0 Å². The second-order valence-electron chi connectivity index (χ2n) is 5.07. The Kier molecular flexibility index (Phi) is 4.35. The Bertz CT molecular complexity index is 159. The number of rotatable bonds is 6. The summed E-state index contributed by atoms with van der Waals surface area (Å²) in [6.07, 6.45) is 5.08. The van der Waals surface area contributed by atoms with Crippen molar-refractivity contribution in [1.82, 2.24) is 5.32 Å². The maximum absolute atomic E-state index is 5.89. The Labute approximate surface area is 87.4 Å². The van der Waals surface area contributed by atoms with Crippen molar-refractivity contribution < 1.29 is 4.74 Å². The van der Waals surface area contributed by atoms with Gasteiger partial charge in [-0.3, -0.25) is 0 Å². The average molecular weight is 200 g/mol. The van der Waals surface area contributed by atoms with Crippen LogP contribution >= 0.6 is 0 Å². The molecule has 1 aliphatic carbocycles. The van der Waals surface area contributed by atoms with E-state index in [0.29, 0.717) is 12.1 Å². The summed E-state index contributed by atoms with van der Waals surface area (Å²) in [6, 6.07) is 0.681. The predicted molar refractivity (Wildman–Crippen MR) is 59.3 cm³/mol. The first-order valence-electron chi connectivity index (χ1n) is 5.56. The molecule has 0 aromatic rings. The van der Waals surface area contributed by atoms with E-state index >= 15 is 0 Å². The Balaban J connectivity index is 1.91. The normalized spacial score (nSPS) is 27.4. The van der Waals surface area contributed by atoms with Gasteiger partial charge in [0.1, 0.15) is 0 Å². The third kappa shape index (κ3) is 4.40. The Morgan fingerprint density at radius 3 is 2.57 bits per heavy atom. The molecule has 0 saturated heterocycles. The molecule has 3 heteroatoms. The summed E-state index contributed by atoms with van der Waals surface area (Å²) >= 11 is 0. The summed E-state index contributed by atoms with van der Waals surface area (Å²) in [4.78, 5) is 0. The maximum Gasteiger partial charge on any atom is 0.0601 e. The van der Waals surface area contributed by atoms with Crippen LogP contribution < -0.4 is 11.1 Å². The molecule has 0 radical (unpaired) electrons. The first-order chi connectivity index (χ1) is 6.51. The van der Waals surface area contributed by atoms with E-state index in [2.05, 4.69) is 19.2 Å². The zero-order chi connectivity index (χ0) is 10.6. The van der Waals surface area contributed by atoms with Crippen LogP contribution in [-0.4, -0.2) is 31.3 Å². The number of ether oxygens (including phenoxy) is 1. The van der Waals surface area contributed by atoms with Crippen LogP contribution in [0.25, 0.3) is 0 Å². The van der Waals surface area contributed by atoms with E-state index in [1.165, 1.54) is 12.8 Å². The van der Waals surface area contributed by atoms with E-state index in [9.17, 15) is 0 Å². The molecule has 1 fully saturated rings. The van der Waals surface area contributed by atoms with Crippen LogP contribution in [0.3, 0.4) is 0 Å². The highest BCUT2D eigenvalue weighted by atomic mass is 16.5. The number of methoxy groups -OCH3 is 1. The highest BCUT2D eigenvalue weighted by molar-refractivity contribution is 4.85. The summed E-state index contributed by atoms with van der Waals surface area (Å²) < 4.78 is 5.22. The number of nitrogens with one attached hydrogen (secondary N) is 1. The molecule has 1 aliphatic rings. The van der Waals surface area contributed by atoms with Gasteiger partial charge in [-0.1, -0.05) is 0 Å². The van der Waals surface area contributed by atoms with Gasteiger partial charge in [0, 0.05) is 18.7 Å². The minimum absolute atomic E-state index is 0.0175. The van der Waals surface area contributed by atoms with Crippen molar-refractivity contribution >= 4 is 0 Å². The number of hydrogen-bond acceptors (Lipinski definition) is 3. The summed E-state index contributed by atoms with van der Waals surface area (Å²) in [5.41, 5.74) is 5.88. The quantitative estimate of drug-likeness (QED) is 0.635.